The predicted octanol–water partition coefficient (Wildman–Crippen LogP) is 1.30. The lowest BCUT2D eigenvalue weighted by Crippen LogP contribution is -2.49. The van der Waals surface area contributed by atoms with Crippen molar-refractivity contribution >= 4 is 11.8 Å². The highest BCUT2D eigenvalue weighted by molar-refractivity contribution is 7.99. The van der Waals surface area contributed by atoms with Crippen molar-refractivity contribution in [1.29, 1.82) is 0 Å². The Morgan fingerprint density at radius 2 is 2.23 bits per heavy atom. The lowest BCUT2D eigenvalue weighted by Gasteiger charge is -2.37. The second kappa shape index (κ2) is 4.20. The molecule has 1 aliphatic carbocycles. The Bertz CT molecular complexity index is 174. The van der Waals surface area contributed by atoms with E-state index in [0.717, 1.165) is 5.25 Å². The van der Waals surface area contributed by atoms with Crippen LogP contribution in [0.15, 0.2) is 0 Å². The Balaban J connectivity index is 1.91. The van der Waals surface area contributed by atoms with Crippen LogP contribution in [0.5, 0.6) is 0 Å². The quantitative estimate of drug-likeness (QED) is 0.692. The second-order valence-corrected chi connectivity index (χ2v) is 5.88. The van der Waals surface area contributed by atoms with Gasteiger partial charge in [-0.1, -0.05) is 13.3 Å². The van der Waals surface area contributed by atoms with Crippen molar-refractivity contribution in [1.82, 2.24) is 4.90 Å². The maximum absolute atomic E-state index is 6.11. The molecule has 2 fully saturated rings. The molecule has 0 amide bonds. The molecule has 2 N–H and O–H groups in total. The average molecular weight is 200 g/mol. The molecule has 2 aliphatic rings. The summed E-state index contributed by atoms with van der Waals surface area (Å²) in [4.78, 5) is 2.62. The van der Waals surface area contributed by atoms with E-state index >= 15 is 0 Å². The van der Waals surface area contributed by atoms with E-state index in [1.165, 1.54) is 38.1 Å². The molecule has 0 spiro atoms. The van der Waals surface area contributed by atoms with Crippen LogP contribution in [0.1, 0.15) is 26.2 Å². The first-order valence-corrected chi connectivity index (χ1v) is 6.43. The van der Waals surface area contributed by atoms with E-state index in [-0.39, 0.29) is 0 Å². The SMILES string of the molecule is CC1CN(C2CCCC2N)CCS1. The summed E-state index contributed by atoms with van der Waals surface area (Å²) in [6.45, 7) is 4.84. The molecular weight excluding hydrogens is 180 g/mol. The van der Waals surface area contributed by atoms with Crippen molar-refractivity contribution in [3.05, 3.63) is 0 Å². The van der Waals surface area contributed by atoms with Gasteiger partial charge in [0.1, 0.15) is 0 Å². The van der Waals surface area contributed by atoms with Crippen LogP contribution in [0.4, 0.5) is 0 Å². The van der Waals surface area contributed by atoms with Gasteiger partial charge in [-0.05, 0) is 12.8 Å². The minimum absolute atomic E-state index is 0.454. The third kappa shape index (κ3) is 2.20. The number of rotatable bonds is 1. The number of nitrogens with two attached hydrogens (primary N) is 1. The summed E-state index contributed by atoms with van der Waals surface area (Å²) in [7, 11) is 0. The molecule has 1 aliphatic heterocycles. The number of hydrogen-bond acceptors (Lipinski definition) is 3. The van der Waals surface area contributed by atoms with E-state index in [2.05, 4.69) is 23.6 Å². The minimum Gasteiger partial charge on any atom is -0.326 e. The lowest BCUT2D eigenvalue weighted by atomic mass is 10.1. The van der Waals surface area contributed by atoms with E-state index in [1.807, 2.05) is 0 Å². The van der Waals surface area contributed by atoms with Gasteiger partial charge in [0.05, 0.1) is 0 Å². The van der Waals surface area contributed by atoms with Crippen molar-refractivity contribution in [3.8, 4) is 0 Å². The van der Waals surface area contributed by atoms with E-state index in [0.29, 0.717) is 12.1 Å². The maximum Gasteiger partial charge on any atom is 0.0247 e. The molecule has 0 radical (unpaired) electrons. The Hall–Kier alpha value is 0.270. The number of nitrogens with zero attached hydrogens (tertiary/aromatic N) is 1. The monoisotopic (exact) mass is 200 g/mol. The van der Waals surface area contributed by atoms with Crippen LogP contribution >= 0.6 is 11.8 Å². The normalized spacial score (nSPS) is 42.5. The Kier molecular flexibility index (Phi) is 3.17. The molecule has 76 valence electrons. The summed E-state index contributed by atoms with van der Waals surface area (Å²) >= 11 is 2.10. The zero-order valence-electron chi connectivity index (χ0n) is 8.41. The highest BCUT2D eigenvalue weighted by Gasteiger charge is 2.31. The van der Waals surface area contributed by atoms with Gasteiger partial charge in [0.25, 0.3) is 0 Å². The summed E-state index contributed by atoms with van der Waals surface area (Å²) in [6, 6.07) is 1.15. The van der Waals surface area contributed by atoms with Gasteiger partial charge in [0, 0.05) is 36.2 Å². The molecule has 3 atom stereocenters. The number of hydrogen-bond donors (Lipinski definition) is 1. The van der Waals surface area contributed by atoms with Gasteiger partial charge in [0.2, 0.25) is 0 Å². The summed E-state index contributed by atoms with van der Waals surface area (Å²) in [5, 5.41) is 0.807. The van der Waals surface area contributed by atoms with Gasteiger partial charge in [-0.3, -0.25) is 4.90 Å². The summed E-state index contributed by atoms with van der Waals surface area (Å²) in [5.74, 6) is 1.30. The fourth-order valence-electron chi connectivity index (χ4n) is 2.57. The van der Waals surface area contributed by atoms with Crippen LogP contribution in [0.25, 0.3) is 0 Å². The molecule has 2 nitrogen and oxygen atoms in total. The standard InChI is InChI=1S/C10H20N2S/c1-8-7-12(5-6-13-8)10-4-2-3-9(10)11/h8-10H,2-7,11H2,1H3. The molecule has 3 unspecified atom stereocenters. The average Bonchev–Trinajstić information content (AvgIpc) is 2.51. The third-order valence-electron chi connectivity index (χ3n) is 3.27. The third-order valence-corrected chi connectivity index (χ3v) is 4.41. The topological polar surface area (TPSA) is 29.3 Å². The van der Waals surface area contributed by atoms with Gasteiger partial charge >= 0.3 is 0 Å². The van der Waals surface area contributed by atoms with E-state index in [1.54, 1.807) is 0 Å². The second-order valence-electron chi connectivity index (χ2n) is 4.34. The van der Waals surface area contributed by atoms with Crippen LogP contribution < -0.4 is 5.73 Å². The molecule has 3 heteroatoms. The molecule has 0 aromatic heterocycles. The van der Waals surface area contributed by atoms with Crippen molar-refractivity contribution in [2.24, 2.45) is 5.73 Å². The molecule has 1 saturated carbocycles. The van der Waals surface area contributed by atoms with Gasteiger partial charge in [-0.15, -0.1) is 0 Å². The predicted molar refractivity (Wildman–Crippen MR) is 59.1 cm³/mol. The first-order valence-electron chi connectivity index (χ1n) is 5.38. The maximum atomic E-state index is 6.11. The fraction of sp³-hybridized carbons (Fsp3) is 1.00. The van der Waals surface area contributed by atoms with Gasteiger partial charge in [-0.25, -0.2) is 0 Å². The molecule has 2 rings (SSSR count). The van der Waals surface area contributed by atoms with E-state index < -0.39 is 0 Å². The molecule has 1 saturated heterocycles. The molecule has 0 aromatic rings. The first kappa shape index (κ1) is 9.81. The molecule has 0 bridgehead atoms. The first-order chi connectivity index (χ1) is 6.27. The lowest BCUT2D eigenvalue weighted by molar-refractivity contribution is 0.193. The Morgan fingerprint density at radius 3 is 2.85 bits per heavy atom. The molecular formula is C10H20N2S. The smallest absolute Gasteiger partial charge is 0.0247 e. The van der Waals surface area contributed by atoms with Gasteiger partial charge in [-0.2, -0.15) is 11.8 Å². The van der Waals surface area contributed by atoms with Crippen LogP contribution in [-0.2, 0) is 0 Å². The molecule has 13 heavy (non-hydrogen) atoms. The fourth-order valence-corrected chi connectivity index (χ4v) is 3.61. The minimum atomic E-state index is 0.454. The highest BCUT2D eigenvalue weighted by Crippen LogP contribution is 2.27. The highest BCUT2D eigenvalue weighted by atomic mass is 32.2. The van der Waals surface area contributed by atoms with E-state index in [4.69, 9.17) is 5.73 Å². The van der Waals surface area contributed by atoms with Crippen molar-refractivity contribution in [3.63, 3.8) is 0 Å². The van der Waals surface area contributed by atoms with Gasteiger partial charge in [0.15, 0.2) is 0 Å². The Morgan fingerprint density at radius 1 is 1.38 bits per heavy atom. The van der Waals surface area contributed by atoms with Crippen molar-refractivity contribution < 1.29 is 0 Å². The van der Waals surface area contributed by atoms with Crippen molar-refractivity contribution in [2.45, 2.75) is 43.5 Å². The zero-order valence-corrected chi connectivity index (χ0v) is 9.22. The van der Waals surface area contributed by atoms with E-state index in [9.17, 15) is 0 Å². The summed E-state index contributed by atoms with van der Waals surface area (Å²) in [5.41, 5.74) is 6.11. The summed E-state index contributed by atoms with van der Waals surface area (Å²) in [6.07, 6.45) is 3.91. The summed E-state index contributed by atoms with van der Waals surface area (Å²) < 4.78 is 0. The van der Waals surface area contributed by atoms with Crippen LogP contribution in [0.3, 0.4) is 0 Å². The van der Waals surface area contributed by atoms with Crippen LogP contribution in [0.2, 0.25) is 0 Å². The van der Waals surface area contributed by atoms with Crippen molar-refractivity contribution in [2.75, 3.05) is 18.8 Å². The largest absolute Gasteiger partial charge is 0.326 e. The van der Waals surface area contributed by atoms with Crippen LogP contribution in [-0.4, -0.2) is 41.1 Å². The van der Waals surface area contributed by atoms with Crippen LogP contribution in [0, 0.1) is 0 Å². The number of thioether (sulfide) groups is 1. The molecule has 0 aromatic carbocycles. The Labute approximate surface area is 85.2 Å². The molecule has 1 heterocycles. The zero-order chi connectivity index (χ0) is 9.26. The van der Waals surface area contributed by atoms with Gasteiger partial charge < -0.3 is 5.73 Å².